The monoisotopic (exact) mass is 381 g/mol. The van der Waals surface area contributed by atoms with Crippen LogP contribution in [-0.4, -0.2) is 27.0 Å². The summed E-state index contributed by atoms with van der Waals surface area (Å²) in [5.74, 6) is -0.479. The van der Waals surface area contributed by atoms with Crippen molar-refractivity contribution < 1.29 is 18.7 Å². The Morgan fingerprint density at radius 1 is 1.18 bits per heavy atom. The third kappa shape index (κ3) is 4.31. The maximum absolute atomic E-state index is 14.6. The van der Waals surface area contributed by atoms with E-state index >= 15 is 0 Å². The summed E-state index contributed by atoms with van der Waals surface area (Å²) in [5, 5.41) is 4.22. The van der Waals surface area contributed by atoms with E-state index in [9.17, 15) is 14.0 Å². The smallest absolute Gasteiger partial charge is 0.313 e. The molecule has 3 rings (SSSR count). The fourth-order valence-electron chi connectivity index (χ4n) is 2.50. The zero-order valence-electron chi connectivity index (χ0n) is 15.8. The van der Waals surface area contributed by atoms with Gasteiger partial charge in [-0.3, -0.25) is 9.59 Å². The Kier molecular flexibility index (Phi) is 5.35. The van der Waals surface area contributed by atoms with Gasteiger partial charge >= 0.3 is 5.97 Å². The Labute approximate surface area is 162 Å². The second-order valence-electron chi connectivity index (χ2n) is 7.36. The SMILES string of the molecule is CC(C)(C)C(=O)OCn1cnc(-c2ccc(-c3cccc(C=O)c3)c(F)c2)n1. The van der Waals surface area contributed by atoms with Gasteiger partial charge in [0.1, 0.15) is 18.4 Å². The van der Waals surface area contributed by atoms with Gasteiger partial charge in [0.15, 0.2) is 12.6 Å². The summed E-state index contributed by atoms with van der Waals surface area (Å²) in [4.78, 5) is 26.9. The number of esters is 1. The first-order chi connectivity index (χ1) is 13.3. The average molecular weight is 381 g/mol. The molecule has 1 aromatic heterocycles. The molecule has 1 heterocycles. The van der Waals surface area contributed by atoms with E-state index < -0.39 is 11.2 Å². The van der Waals surface area contributed by atoms with Crippen LogP contribution in [0, 0.1) is 11.2 Å². The number of aldehydes is 1. The molecule has 0 bridgehead atoms. The highest BCUT2D eigenvalue weighted by Gasteiger charge is 2.23. The second kappa shape index (κ2) is 7.72. The maximum atomic E-state index is 14.6. The van der Waals surface area contributed by atoms with Crippen molar-refractivity contribution in [3.8, 4) is 22.5 Å². The first-order valence-electron chi connectivity index (χ1n) is 8.70. The van der Waals surface area contributed by atoms with E-state index in [0.29, 0.717) is 28.1 Å². The molecular formula is C21H20FN3O3. The number of carbonyl (C=O) groups is 2. The molecule has 0 N–H and O–H groups in total. The van der Waals surface area contributed by atoms with Crippen molar-refractivity contribution in [3.05, 3.63) is 60.2 Å². The maximum Gasteiger partial charge on any atom is 0.313 e. The molecule has 0 fully saturated rings. The predicted octanol–water partition coefficient (Wildman–Crippen LogP) is 4.11. The lowest BCUT2D eigenvalue weighted by atomic mass is 9.98. The van der Waals surface area contributed by atoms with Crippen molar-refractivity contribution in [2.45, 2.75) is 27.5 Å². The van der Waals surface area contributed by atoms with Crippen molar-refractivity contribution in [1.82, 2.24) is 14.8 Å². The molecule has 0 aliphatic heterocycles. The molecule has 3 aromatic rings. The standard InChI is InChI=1S/C21H20FN3O3/c1-21(2,3)20(27)28-13-25-12-23-19(24-25)16-7-8-17(18(22)10-16)15-6-4-5-14(9-15)11-26/h4-12H,13H2,1-3H3. The third-order valence-corrected chi connectivity index (χ3v) is 4.04. The minimum atomic E-state index is -0.608. The minimum Gasteiger partial charge on any atom is -0.442 e. The average Bonchev–Trinajstić information content (AvgIpc) is 3.14. The normalized spacial score (nSPS) is 11.3. The summed E-state index contributed by atoms with van der Waals surface area (Å²) < 4.78 is 21.2. The number of benzene rings is 2. The van der Waals surface area contributed by atoms with Crippen molar-refractivity contribution in [2.24, 2.45) is 5.41 Å². The van der Waals surface area contributed by atoms with Crippen LogP contribution in [0.25, 0.3) is 22.5 Å². The van der Waals surface area contributed by atoms with Crippen LogP contribution in [0.2, 0.25) is 0 Å². The van der Waals surface area contributed by atoms with Crippen LogP contribution in [0.3, 0.4) is 0 Å². The molecule has 0 radical (unpaired) electrons. The van der Waals surface area contributed by atoms with Crippen molar-refractivity contribution in [3.63, 3.8) is 0 Å². The van der Waals surface area contributed by atoms with Crippen molar-refractivity contribution in [2.75, 3.05) is 0 Å². The summed E-state index contributed by atoms with van der Waals surface area (Å²) in [5.41, 5.74) is 1.36. The number of aromatic nitrogens is 3. The van der Waals surface area contributed by atoms with E-state index in [1.807, 2.05) is 0 Å². The Morgan fingerprint density at radius 3 is 2.64 bits per heavy atom. The zero-order valence-corrected chi connectivity index (χ0v) is 15.8. The topological polar surface area (TPSA) is 74.1 Å². The molecule has 0 spiro atoms. The van der Waals surface area contributed by atoms with Crippen LogP contribution < -0.4 is 0 Å². The van der Waals surface area contributed by atoms with E-state index in [0.717, 1.165) is 6.29 Å². The van der Waals surface area contributed by atoms with Gasteiger partial charge in [0.2, 0.25) is 0 Å². The molecule has 144 valence electrons. The van der Waals surface area contributed by atoms with E-state index in [2.05, 4.69) is 10.1 Å². The van der Waals surface area contributed by atoms with Gasteiger partial charge in [-0.1, -0.05) is 30.3 Å². The first-order valence-corrected chi connectivity index (χ1v) is 8.70. The summed E-state index contributed by atoms with van der Waals surface area (Å²) in [6.07, 6.45) is 2.14. The number of hydrogen-bond donors (Lipinski definition) is 0. The van der Waals surface area contributed by atoms with E-state index in [4.69, 9.17) is 4.74 Å². The first kappa shape index (κ1) is 19.4. The zero-order chi connectivity index (χ0) is 20.3. The number of halogens is 1. The van der Waals surface area contributed by atoms with Gasteiger partial charge in [0.05, 0.1) is 5.41 Å². The van der Waals surface area contributed by atoms with Crippen LogP contribution in [0.5, 0.6) is 0 Å². The van der Waals surface area contributed by atoms with Crippen LogP contribution >= 0.6 is 0 Å². The summed E-state index contributed by atoms with van der Waals surface area (Å²) in [6.45, 7) is 5.22. The Morgan fingerprint density at radius 2 is 1.96 bits per heavy atom. The Balaban J connectivity index is 1.78. The van der Waals surface area contributed by atoms with Gasteiger partial charge < -0.3 is 4.74 Å². The number of carbonyl (C=O) groups excluding carboxylic acids is 2. The number of ether oxygens (including phenoxy) is 1. The molecule has 6 nitrogen and oxygen atoms in total. The number of rotatable bonds is 5. The minimum absolute atomic E-state index is 0.0673. The van der Waals surface area contributed by atoms with E-state index in [-0.39, 0.29) is 12.7 Å². The largest absolute Gasteiger partial charge is 0.442 e. The van der Waals surface area contributed by atoms with Crippen molar-refractivity contribution >= 4 is 12.3 Å². The van der Waals surface area contributed by atoms with Crippen LogP contribution in [0.1, 0.15) is 31.1 Å². The molecule has 0 saturated heterocycles. The lowest BCUT2D eigenvalue weighted by molar-refractivity contribution is -0.157. The molecule has 0 aliphatic carbocycles. The number of nitrogens with zero attached hydrogens (tertiary/aromatic N) is 3. The van der Waals surface area contributed by atoms with Gasteiger partial charge in [-0.2, -0.15) is 0 Å². The molecular weight excluding hydrogens is 361 g/mol. The van der Waals surface area contributed by atoms with Gasteiger partial charge in [0, 0.05) is 16.7 Å². The highest BCUT2D eigenvalue weighted by atomic mass is 19.1. The van der Waals surface area contributed by atoms with Gasteiger partial charge in [-0.05, 0) is 38.5 Å². The molecule has 0 aliphatic rings. The van der Waals surface area contributed by atoms with Crippen LogP contribution in [-0.2, 0) is 16.3 Å². The van der Waals surface area contributed by atoms with E-state index in [1.165, 1.54) is 17.1 Å². The third-order valence-electron chi connectivity index (χ3n) is 4.04. The highest BCUT2D eigenvalue weighted by Crippen LogP contribution is 2.27. The Hall–Kier alpha value is -3.35. The molecule has 0 amide bonds. The predicted molar refractivity (Wildman–Crippen MR) is 102 cm³/mol. The molecule has 7 heteroatoms. The molecule has 2 aromatic carbocycles. The lowest BCUT2D eigenvalue weighted by Crippen LogP contribution is -2.24. The Bertz CT molecular complexity index is 1020. The summed E-state index contributed by atoms with van der Waals surface area (Å²) in [7, 11) is 0. The molecule has 0 atom stereocenters. The van der Waals surface area contributed by atoms with Crippen molar-refractivity contribution in [1.29, 1.82) is 0 Å². The van der Waals surface area contributed by atoms with Gasteiger partial charge in [0.25, 0.3) is 0 Å². The van der Waals surface area contributed by atoms with E-state index in [1.54, 1.807) is 57.2 Å². The molecule has 0 saturated carbocycles. The van der Waals surface area contributed by atoms with Gasteiger partial charge in [-0.15, -0.1) is 5.10 Å². The summed E-state index contributed by atoms with van der Waals surface area (Å²) in [6, 6.07) is 11.4. The van der Waals surface area contributed by atoms with Crippen LogP contribution in [0.4, 0.5) is 4.39 Å². The second-order valence-corrected chi connectivity index (χ2v) is 7.36. The quantitative estimate of drug-likeness (QED) is 0.491. The fraction of sp³-hybridized carbons (Fsp3) is 0.238. The number of hydrogen-bond acceptors (Lipinski definition) is 5. The molecule has 0 unspecified atom stereocenters. The molecule has 28 heavy (non-hydrogen) atoms. The van der Waals surface area contributed by atoms with Crippen LogP contribution in [0.15, 0.2) is 48.8 Å². The highest BCUT2D eigenvalue weighted by molar-refractivity contribution is 5.79. The lowest BCUT2D eigenvalue weighted by Gasteiger charge is -2.16. The van der Waals surface area contributed by atoms with Gasteiger partial charge in [-0.25, -0.2) is 14.1 Å². The summed E-state index contributed by atoms with van der Waals surface area (Å²) >= 11 is 0. The fourth-order valence-corrected chi connectivity index (χ4v) is 2.50.